The van der Waals surface area contributed by atoms with E-state index in [0.717, 1.165) is 49.4 Å². The molecule has 4 bridgehead atoms. The lowest BCUT2D eigenvalue weighted by Gasteiger charge is -2.68. The number of halogens is 1. The lowest BCUT2D eigenvalue weighted by molar-refractivity contribution is -0.224. The molecule has 1 N–H and O–H groups in total. The van der Waals surface area contributed by atoms with Crippen molar-refractivity contribution in [2.24, 2.45) is 10.8 Å². The Kier molecular flexibility index (Phi) is 5.67. The summed E-state index contributed by atoms with van der Waals surface area (Å²) in [5.41, 5.74) is 0.239. The minimum Gasteiger partial charge on any atom is -0.459 e. The molecule has 1 amide bonds. The van der Waals surface area contributed by atoms with Crippen molar-refractivity contribution >= 4 is 28.0 Å². The molecule has 0 spiro atoms. The number of rotatable bonds is 7. The van der Waals surface area contributed by atoms with Crippen LogP contribution in [0.25, 0.3) is 0 Å². The van der Waals surface area contributed by atoms with Crippen molar-refractivity contribution in [2.75, 3.05) is 5.33 Å². The van der Waals surface area contributed by atoms with Gasteiger partial charge in [-0.1, -0.05) is 60.1 Å². The normalized spacial score (nSPS) is 36.4. The summed E-state index contributed by atoms with van der Waals surface area (Å²) in [6, 6.07) is 9.71. The van der Waals surface area contributed by atoms with E-state index in [2.05, 4.69) is 35.1 Å². The number of alkyl halides is 1. The van der Waals surface area contributed by atoms with Crippen molar-refractivity contribution in [3.8, 4) is 0 Å². The summed E-state index contributed by atoms with van der Waals surface area (Å²) in [6.07, 6.45) is 6.23. The highest BCUT2D eigenvalue weighted by molar-refractivity contribution is 9.09. The molecule has 4 aliphatic carbocycles. The van der Waals surface area contributed by atoms with Gasteiger partial charge in [-0.3, -0.25) is 4.79 Å². The van der Waals surface area contributed by atoms with Crippen LogP contribution in [-0.4, -0.2) is 28.5 Å². The second-order valence-corrected chi connectivity index (χ2v) is 11.4. The van der Waals surface area contributed by atoms with Crippen molar-refractivity contribution in [1.82, 2.24) is 5.32 Å². The van der Waals surface area contributed by atoms with E-state index >= 15 is 0 Å². The fourth-order valence-corrected chi connectivity index (χ4v) is 7.59. The number of carbonyl (C=O) groups excluding carboxylic acids is 2. The van der Waals surface area contributed by atoms with Gasteiger partial charge >= 0.3 is 12.1 Å². The van der Waals surface area contributed by atoms with E-state index in [0.29, 0.717) is 12.8 Å². The second-order valence-electron chi connectivity index (χ2n) is 10.6. The number of hydrogen-bond acceptors (Lipinski definition) is 4. The Morgan fingerprint density at radius 3 is 2.30 bits per heavy atom. The lowest BCUT2D eigenvalue weighted by atomic mass is 9.41. The predicted octanol–water partition coefficient (Wildman–Crippen LogP) is 5.50. The van der Waals surface area contributed by atoms with E-state index in [9.17, 15) is 9.59 Å². The van der Waals surface area contributed by atoms with Crippen molar-refractivity contribution in [1.29, 1.82) is 0 Å². The fourth-order valence-electron chi connectivity index (χ4n) is 7.31. The molecule has 30 heavy (non-hydrogen) atoms. The van der Waals surface area contributed by atoms with Gasteiger partial charge in [-0.05, 0) is 54.9 Å². The minimum atomic E-state index is -0.478. The molecule has 0 saturated heterocycles. The van der Waals surface area contributed by atoms with Crippen LogP contribution in [0.2, 0.25) is 0 Å². The van der Waals surface area contributed by atoms with E-state index in [-0.39, 0.29) is 35.0 Å². The molecule has 4 saturated carbocycles. The zero-order valence-corrected chi connectivity index (χ0v) is 19.6. The molecule has 0 aliphatic heterocycles. The van der Waals surface area contributed by atoms with E-state index in [4.69, 9.17) is 9.47 Å². The maximum absolute atomic E-state index is 12.7. The summed E-state index contributed by atoms with van der Waals surface area (Å²) in [7, 11) is 0. The molecule has 6 heteroatoms. The van der Waals surface area contributed by atoms with Gasteiger partial charge in [0, 0.05) is 23.7 Å². The van der Waals surface area contributed by atoms with Crippen LogP contribution >= 0.6 is 15.9 Å². The molecule has 1 aromatic rings. The lowest BCUT2D eigenvalue weighted by Crippen LogP contribution is -2.71. The number of amides is 1. The molecular formula is C24H32BrNO4. The largest absolute Gasteiger partial charge is 0.459 e. The average Bonchev–Trinajstić information content (AvgIpc) is 2.62. The Hall–Kier alpha value is -1.56. The smallest absolute Gasteiger partial charge is 0.407 e. The Bertz CT molecular complexity index is 793. The predicted molar refractivity (Wildman–Crippen MR) is 118 cm³/mol. The molecule has 0 aromatic heterocycles. The van der Waals surface area contributed by atoms with Crippen LogP contribution in [0, 0.1) is 10.8 Å². The monoisotopic (exact) mass is 477 g/mol. The van der Waals surface area contributed by atoms with Gasteiger partial charge in [0.2, 0.25) is 0 Å². The topological polar surface area (TPSA) is 64.6 Å². The van der Waals surface area contributed by atoms with Crippen molar-refractivity contribution in [3.05, 3.63) is 35.9 Å². The van der Waals surface area contributed by atoms with Crippen molar-refractivity contribution < 1.29 is 19.1 Å². The van der Waals surface area contributed by atoms with Gasteiger partial charge < -0.3 is 14.8 Å². The van der Waals surface area contributed by atoms with Gasteiger partial charge in [-0.15, -0.1) is 0 Å². The number of carbonyl (C=O) groups is 2. The number of nitrogens with one attached hydrogen (secondary N) is 1. The highest BCUT2D eigenvalue weighted by Crippen LogP contribution is 2.68. The fraction of sp³-hybridized carbons (Fsp3) is 0.667. The number of alkyl carbamates (subject to hydrolysis) is 1. The number of hydrogen-bond donors (Lipinski definition) is 1. The first kappa shape index (κ1) is 21.7. The number of ether oxygens (including phenoxy) is 2. The molecule has 4 aliphatic rings. The van der Waals surface area contributed by atoms with Gasteiger partial charge in [-0.25, -0.2) is 4.79 Å². The summed E-state index contributed by atoms with van der Waals surface area (Å²) in [6.45, 7) is 4.83. The van der Waals surface area contributed by atoms with Gasteiger partial charge in [0.25, 0.3) is 0 Å². The maximum Gasteiger partial charge on any atom is 0.407 e. The molecule has 0 radical (unpaired) electrons. The van der Waals surface area contributed by atoms with Crippen LogP contribution in [0.15, 0.2) is 30.3 Å². The SMILES string of the molecule is CC12CC3(C)CC(NC(=O)OCc4ccccc4)(C1)CC(OC(=O)CCCBr)(C2)C3. The second kappa shape index (κ2) is 7.85. The Morgan fingerprint density at radius 2 is 1.67 bits per heavy atom. The van der Waals surface area contributed by atoms with Gasteiger partial charge in [0.15, 0.2) is 0 Å². The van der Waals surface area contributed by atoms with E-state index < -0.39 is 5.60 Å². The first-order chi connectivity index (χ1) is 14.2. The molecule has 5 rings (SSSR count). The molecule has 4 fully saturated rings. The minimum absolute atomic E-state index is 0.0614. The van der Waals surface area contributed by atoms with Gasteiger partial charge in [0.05, 0.1) is 0 Å². The summed E-state index contributed by atoms with van der Waals surface area (Å²) >= 11 is 3.39. The summed E-state index contributed by atoms with van der Waals surface area (Å²) in [4.78, 5) is 25.3. The third kappa shape index (κ3) is 4.53. The third-order valence-corrected chi connectivity index (χ3v) is 7.53. The zero-order chi connectivity index (χ0) is 21.5. The van der Waals surface area contributed by atoms with Gasteiger partial charge in [0.1, 0.15) is 12.2 Å². The molecule has 0 heterocycles. The molecule has 2 unspecified atom stereocenters. The van der Waals surface area contributed by atoms with E-state index in [1.165, 1.54) is 0 Å². The first-order valence-corrected chi connectivity index (χ1v) is 12.1. The first-order valence-electron chi connectivity index (χ1n) is 10.9. The highest BCUT2D eigenvalue weighted by atomic mass is 79.9. The summed E-state index contributed by atoms with van der Waals surface area (Å²) in [5.74, 6) is -0.120. The van der Waals surface area contributed by atoms with Crippen LogP contribution in [-0.2, 0) is 20.9 Å². The summed E-state index contributed by atoms with van der Waals surface area (Å²) < 4.78 is 11.7. The molecule has 164 valence electrons. The standard InChI is InChI=1S/C24H32BrNO4/c1-21-12-22(2)14-23(13-21,26-20(28)29-11-18-7-4-3-5-8-18)17-24(15-21,16-22)30-19(27)9-6-10-25/h3-5,7-8H,6,9-17H2,1-2H3,(H,26,28). The Morgan fingerprint density at radius 1 is 1.00 bits per heavy atom. The Balaban J connectivity index is 1.48. The molecule has 1 aromatic carbocycles. The van der Waals surface area contributed by atoms with Crippen molar-refractivity contribution in [3.63, 3.8) is 0 Å². The number of benzene rings is 1. The van der Waals surface area contributed by atoms with Crippen molar-refractivity contribution in [2.45, 2.75) is 83.0 Å². The van der Waals surface area contributed by atoms with E-state index in [1.54, 1.807) is 0 Å². The third-order valence-electron chi connectivity index (χ3n) is 6.97. The van der Waals surface area contributed by atoms with Crippen LogP contribution in [0.3, 0.4) is 0 Å². The average molecular weight is 478 g/mol. The molecule has 2 atom stereocenters. The molecular weight excluding hydrogens is 446 g/mol. The number of esters is 1. The van der Waals surface area contributed by atoms with Gasteiger partial charge in [-0.2, -0.15) is 0 Å². The van der Waals surface area contributed by atoms with E-state index in [1.807, 2.05) is 30.3 Å². The maximum atomic E-state index is 12.7. The summed E-state index contributed by atoms with van der Waals surface area (Å²) in [5, 5.41) is 4.02. The Labute approximate surface area is 187 Å². The van der Waals surface area contributed by atoms with Crippen LogP contribution < -0.4 is 5.32 Å². The highest BCUT2D eigenvalue weighted by Gasteiger charge is 2.67. The molecule has 5 nitrogen and oxygen atoms in total. The van der Waals surface area contributed by atoms with Crippen LogP contribution in [0.4, 0.5) is 4.79 Å². The zero-order valence-electron chi connectivity index (χ0n) is 18.0. The van der Waals surface area contributed by atoms with Crippen LogP contribution in [0.1, 0.15) is 70.8 Å². The quantitative estimate of drug-likeness (QED) is 0.415. The van der Waals surface area contributed by atoms with Crippen LogP contribution in [0.5, 0.6) is 0 Å².